The minimum atomic E-state index is -1.02. The van der Waals surface area contributed by atoms with E-state index in [9.17, 15) is 14.7 Å². The summed E-state index contributed by atoms with van der Waals surface area (Å²) in [4.78, 5) is 23.8. The quantitative estimate of drug-likeness (QED) is 0.743. The van der Waals surface area contributed by atoms with Crippen LogP contribution in [0.1, 0.15) is 26.3 Å². The van der Waals surface area contributed by atoms with E-state index in [1.165, 1.54) is 0 Å². The van der Waals surface area contributed by atoms with Crippen molar-refractivity contribution in [3.8, 4) is 0 Å². The number of esters is 1. The van der Waals surface area contributed by atoms with Gasteiger partial charge in [-0.15, -0.1) is 0 Å². The highest BCUT2D eigenvalue weighted by atomic mass is 16.5. The molecule has 0 spiro atoms. The first kappa shape index (κ1) is 17.2. The van der Waals surface area contributed by atoms with E-state index in [2.05, 4.69) is 5.32 Å². The number of amides is 1. The van der Waals surface area contributed by atoms with Gasteiger partial charge in [-0.25, -0.2) is 4.79 Å². The van der Waals surface area contributed by atoms with Gasteiger partial charge in [-0.2, -0.15) is 0 Å². The van der Waals surface area contributed by atoms with E-state index in [1.54, 1.807) is 20.8 Å². The summed E-state index contributed by atoms with van der Waals surface area (Å²) in [5.41, 5.74) is 1.05. The summed E-state index contributed by atoms with van der Waals surface area (Å²) in [6.07, 6.45) is 0.287. The molecule has 2 N–H and O–H groups in total. The van der Waals surface area contributed by atoms with Crippen molar-refractivity contribution in [3.05, 3.63) is 35.9 Å². The zero-order chi connectivity index (χ0) is 15.8. The van der Waals surface area contributed by atoms with E-state index in [0.29, 0.717) is 6.42 Å². The molecule has 1 aromatic rings. The topological polar surface area (TPSA) is 75.6 Å². The van der Waals surface area contributed by atoms with Gasteiger partial charge >= 0.3 is 5.97 Å². The van der Waals surface area contributed by atoms with E-state index >= 15 is 0 Å². The van der Waals surface area contributed by atoms with Gasteiger partial charge in [0.1, 0.15) is 0 Å². The maximum Gasteiger partial charge on any atom is 0.331 e. The lowest BCUT2D eigenvalue weighted by Crippen LogP contribution is -2.47. The number of ether oxygens (including phenoxy) is 1. The maximum atomic E-state index is 12.1. The van der Waals surface area contributed by atoms with Gasteiger partial charge in [0.15, 0.2) is 6.04 Å². The van der Waals surface area contributed by atoms with Crippen LogP contribution in [-0.2, 0) is 20.7 Å². The van der Waals surface area contributed by atoms with Gasteiger partial charge in [0, 0.05) is 5.92 Å². The Morgan fingerprint density at radius 1 is 1.19 bits per heavy atom. The summed E-state index contributed by atoms with van der Waals surface area (Å²) in [5, 5.41) is 11.7. The Balaban J connectivity index is 2.55. The highest BCUT2D eigenvalue weighted by Crippen LogP contribution is 2.08. The number of aliphatic hydroxyl groups is 1. The number of hydrogen-bond donors (Lipinski definition) is 2. The molecule has 0 aromatic heterocycles. The minimum Gasteiger partial charge on any atom is -0.461 e. The average Bonchev–Trinajstić information content (AvgIpc) is 2.44. The van der Waals surface area contributed by atoms with E-state index in [1.807, 2.05) is 30.3 Å². The first-order valence-corrected chi connectivity index (χ1v) is 7.09. The molecule has 5 nitrogen and oxygen atoms in total. The van der Waals surface area contributed by atoms with Crippen molar-refractivity contribution < 1.29 is 19.4 Å². The van der Waals surface area contributed by atoms with E-state index in [0.717, 1.165) is 5.56 Å². The van der Waals surface area contributed by atoms with Crippen LogP contribution in [0.2, 0.25) is 0 Å². The zero-order valence-corrected chi connectivity index (χ0v) is 12.7. The number of aliphatic hydroxyl groups excluding tert-OH is 1. The number of hydrogen-bond acceptors (Lipinski definition) is 4. The van der Waals surface area contributed by atoms with Gasteiger partial charge < -0.3 is 15.2 Å². The molecule has 0 aliphatic heterocycles. The molecule has 1 amide bonds. The van der Waals surface area contributed by atoms with Gasteiger partial charge in [0.2, 0.25) is 5.91 Å². The molecule has 21 heavy (non-hydrogen) atoms. The molecule has 0 radical (unpaired) electrons. The molecule has 5 heteroatoms. The first-order valence-electron chi connectivity index (χ1n) is 7.09. The molecule has 116 valence electrons. The lowest BCUT2D eigenvalue weighted by atomic mass is 10.00. The van der Waals surface area contributed by atoms with Crippen molar-refractivity contribution in [2.75, 3.05) is 6.61 Å². The Morgan fingerprint density at radius 2 is 1.81 bits per heavy atom. The van der Waals surface area contributed by atoms with Crippen LogP contribution < -0.4 is 5.32 Å². The van der Waals surface area contributed by atoms with Gasteiger partial charge in [-0.1, -0.05) is 37.3 Å². The Kier molecular flexibility index (Phi) is 6.88. The lowest BCUT2D eigenvalue weighted by molar-refractivity contribution is -0.152. The molecule has 1 unspecified atom stereocenters. The Hall–Kier alpha value is -1.88. The first-order chi connectivity index (χ1) is 9.93. The Bertz CT molecular complexity index is 459. The smallest absolute Gasteiger partial charge is 0.331 e. The summed E-state index contributed by atoms with van der Waals surface area (Å²) in [6, 6.07) is 8.61. The third-order valence-electron chi connectivity index (χ3n) is 2.97. The van der Waals surface area contributed by atoms with Crippen LogP contribution in [0.5, 0.6) is 0 Å². The lowest BCUT2D eigenvalue weighted by Gasteiger charge is -2.19. The van der Waals surface area contributed by atoms with Crippen LogP contribution in [0, 0.1) is 5.92 Å². The second-order valence-electron chi connectivity index (χ2n) is 5.32. The molecular formula is C16H23NO4. The fraction of sp³-hybridized carbons (Fsp3) is 0.500. The van der Waals surface area contributed by atoms with Crippen molar-refractivity contribution >= 4 is 11.9 Å². The fourth-order valence-corrected chi connectivity index (χ4v) is 1.87. The predicted molar refractivity (Wildman–Crippen MR) is 79.6 cm³/mol. The fourth-order valence-electron chi connectivity index (χ4n) is 1.87. The molecular weight excluding hydrogens is 270 g/mol. The van der Waals surface area contributed by atoms with Crippen LogP contribution >= 0.6 is 0 Å². The Morgan fingerprint density at radius 3 is 2.33 bits per heavy atom. The van der Waals surface area contributed by atoms with E-state index in [4.69, 9.17) is 4.74 Å². The number of benzene rings is 1. The van der Waals surface area contributed by atoms with Gasteiger partial charge in [-0.05, 0) is 25.8 Å². The molecule has 0 heterocycles. The molecule has 0 aliphatic carbocycles. The van der Waals surface area contributed by atoms with Gasteiger partial charge in [-0.3, -0.25) is 4.79 Å². The van der Waals surface area contributed by atoms with Crippen molar-refractivity contribution in [2.45, 2.75) is 39.3 Å². The van der Waals surface area contributed by atoms with E-state index < -0.39 is 18.6 Å². The number of carbonyl (C=O) groups excluding carboxylic acids is 2. The van der Waals surface area contributed by atoms with E-state index in [-0.39, 0.29) is 17.9 Å². The third kappa shape index (κ3) is 5.95. The summed E-state index contributed by atoms with van der Waals surface area (Å²) in [6.45, 7) is 4.73. The third-order valence-corrected chi connectivity index (χ3v) is 2.97. The summed E-state index contributed by atoms with van der Waals surface area (Å²) < 4.78 is 4.99. The predicted octanol–water partition coefficient (Wildman–Crippen LogP) is 1.29. The highest BCUT2D eigenvalue weighted by molar-refractivity contribution is 5.85. The molecule has 0 aliphatic rings. The van der Waals surface area contributed by atoms with Crippen LogP contribution in [0.25, 0.3) is 0 Å². The van der Waals surface area contributed by atoms with Crippen LogP contribution in [0.4, 0.5) is 0 Å². The molecule has 1 aromatic carbocycles. The second kappa shape index (κ2) is 8.42. The monoisotopic (exact) mass is 293 g/mol. The number of carbonyl (C=O) groups is 2. The number of rotatable bonds is 7. The molecule has 0 fully saturated rings. The summed E-state index contributed by atoms with van der Waals surface area (Å²) >= 11 is 0. The van der Waals surface area contributed by atoms with Gasteiger partial charge in [0.25, 0.3) is 0 Å². The highest BCUT2D eigenvalue weighted by Gasteiger charge is 2.24. The standard InChI is InChI=1S/C16H23NO4/c1-11(2)21-16(20)14(10-18)17-15(19)12(3)9-13-7-5-4-6-8-13/h4-8,11-12,14,18H,9-10H2,1-3H3,(H,17,19)/t12-,14?/m1/s1. The van der Waals surface area contributed by atoms with Crippen LogP contribution in [0.3, 0.4) is 0 Å². The zero-order valence-electron chi connectivity index (χ0n) is 12.7. The summed E-state index contributed by atoms with van der Waals surface area (Å²) in [5.74, 6) is -1.19. The van der Waals surface area contributed by atoms with Crippen molar-refractivity contribution in [1.82, 2.24) is 5.32 Å². The summed E-state index contributed by atoms with van der Waals surface area (Å²) in [7, 11) is 0. The van der Waals surface area contributed by atoms with Crippen molar-refractivity contribution in [1.29, 1.82) is 0 Å². The minimum absolute atomic E-state index is 0.279. The largest absolute Gasteiger partial charge is 0.461 e. The molecule has 0 saturated heterocycles. The Labute approximate surface area is 125 Å². The van der Waals surface area contributed by atoms with Crippen LogP contribution in [0.15, 0.2) is 30.3 Å². The molecule has 0 saturated carbocycles. The SMILES string of the molecule is CC(C)OC(=O)C(CO)NC(=O)[C@H](C)Cc1ccccc1. The molecule has 0 bridgehead atoms. The normalized spacial score (nSPS) is 13.6. The second-order valence-corrected chi connectivity index (χ2v) is 5.32. The maximum absolute atomic E-state index is 12.1. The van der Waals surface area contributed by atoms with Crippen molar-refractivity contribution in [2.24, 2.45) is 5.92 Å². The van der Waals surface area contributed by atoms with Gasteiger partial charge in [0.05, 0.1) is 12.7 Å². The molecule has 2 atom stereocenters. The average molecular weight is 293 g/mol. The van der Waals surface area contributed by atoms with Crippen LogP contribution in [-0.4, -0.2) is 35.7 Å². The molecule has 1 rings (SSSR count). The number of nitrogens with one attached hydrogen (secondary N) is 1. The van der Waals surface area contributed by atoms with Crippen molar-refractivity contribution in [3.63, 3.8) is 0 Å².